The van der Waals surface area contributed by atoms with Crippen LogP contribution in [0, 0.1) is 11.3 Å². The summed E-state index contributed by atoms with van der Waals surface area (Å²) in [5.74, 6) is -0.546. The lowest BCUT2D eigenvalue weighted by atomic mass is 9.85. The largest absolute Gasteiger partial charge is 0.440 e. The Labute approximate surface area is 124 Å². The lowest BCUT2D eigenvalue weighted by Crippen LogP contribution is -2.41. The van der Waals surface area contributed by atoms with Gasteiger partial charge in [0.2, 0.25) is 0 Å². The summed E-state index contributed by atoms with van der Waals surface area (Å²) in [7, 11) is -3.11. The number of esters is 1. The SMILES string of the molecule is CS(=O)(=O)C1CCC(C#N)(OC(=O)c2ccccc2)CC1. The summed E-state index contributed by atoms with van der Waals surface area (Å²) in [6.07, 6.45) is 2.38. The summed E-state index contributed by atoms with van der Waals surface area (Å²) in [4.78, 5) is 12.1. The van der Waals surface area contributed by atoms with E-state index in [0.29, 0.717) is 18.4 Å². The summed E-state index contributed by atoms with van der Waals surface area (Å²) in [6.45, 7) is 0. The van der Waals surface area contributed by atoms with Crippen molar-refractivity contribution in [2.75, 3.05) is 6.26 Å². The average Bonchev–Trinajstić information content (AvgIpc) is 2.47. The van der Waals surface area contributed by atoms with Crippen LogP contribution in [-0.4, -0.2) is 31.5 Å². The smallest absolute Gasteiger partial charge is 0.339 e. The van der Waals surface area contributed by atoms with E-state index in [4.69, 9.17) is 4.74 Å². The van der Waals surface area contributed by atoms with E-state index in [9.17, 15) is 18.5 Å². The van der Waals surface area contributed by atoms with Crippen molar-refractivity contribution in [3.05, 3.63) is 35.9 Å². The van der Waals surface area contributed by atoms with E-state index in [1.807, 2.05) is 0 Å². The second-order valence-electron chi connectivity index (χ2n) is 5.39. The van der Waals surface area contributed by atoms with Crippen LogP contribution in [0.3, 0.4) is 0 Å². The molecule has 0 radical (unpaired) electrons. The molecule has 1 fully saturated rings. The maximum atomic E-state index is 12.1. The van der Waals surface area contributed by atoms with Gasteiger partial charge in [0.25, 0.3) is 0 Å². The van der Waals surface area contributed by atoms with E-state index in [0.717, 1.165) is 0 Å². The molecule has 0 N–H and O–H groups in total. The number of carbonyl (C=O) groups excluding carboxylic acids is 1. The number of rotatable bonds is 3. The zero-order chi connectivity index (χ0) is 15.5. The molecule has 0 saturated heterocycles. The van der Waals surface area contributed by atoms with Crippen molar-refractivity contribution in [3.8, 4) is 6.07 Å². The highest BCUT2D eigenvalue weighted by molar-refractivity contribution is 7.91. The van der Waals surface area contributed by atoms with Crippen LogP contribution < -0.4 is 0 Å². The number of nitrogens with zero attached hydrogens (tertiary/aromatic N) is 1. The van der Waals surface area contributed by atoms with Crippen LogP contribution >= 0.6 is 0 Å². The van der Waals surface area contributed by atoms with E-state index in [1.165, 1.54) is 6.26 Å². The number of ether oxygens (including phenoxy) is 1. The molecule has 0 amide bonds. The summed E-state index contributed by atoms with van der Waals surface area (Å²) >= 11 is 0. The molecule has 0 spiro atoms. The second-order valence-corrected chi connectivity index (χ2v) is 7.72. The number of benzene rings is 1. The number of sulfone groups is 1. The second kappa shape index (κ2) is 5.86. The Hall–Kier alpha value is -1.87. The van der Waals surface area contributed by atoms with Crippen LogP contribution in [0.15, 0.2) is 30.3 Å². The van der Waals surface area contributed by atoms with E-state index in [-0.39, 0.29) is 12.8 Å². The molecule has 5 nitrogen and oxygen atoms in total. The van der Waals surface area contributed by atoms with E-state index >= 15 is 0 Å². The fraction of sp³-hybridized carbons (Fsp3) is 0.467. The molecule has 0 atom stereocenters. The number of hydrogen-bond donors (Lipinski definition) is 0. The monoisotopic (exact) mass is 307 g/mol. The van der Waals surface area contributed by atoms with Crippen molar-refractivity contribution < 1.29 is 17.9 Å². The van der Waals surface area contributed by atoms with Crippen molar-refractivity contribution in [3.63, 3.8) is 0 Å². The first-order chi connectivity index (χ1) is 9.86. The topological polar surface area (TPSA) is 84.2 Å². The number of carbonyl (C=O) groups is 1. The van der Waals surface area contributed by atoms with Gasteiger partial charge in [-0.2, -0.15) is 5.26 Å². The van der Waals surface area contributed by atoms with Crippen molar-refractivity contribution in [2.45, 2.75) is 36.5 Å². The average molecular weight is 307 g/mol. The summed E-state index contributed by atoms with van der Waals surface area (Å²) in [5.41, 5.74) is -0.828. The normalized spacial score (nSPS) is 25.8. The number of hydrogen-bond acceptors (Lipinski definition) is 5. The molecule has 112 valence electrons. The minimum Gasteiger partial charge on any atom is -0.440 e. The molecule has 1 aromatic rings. The fourth-order valence-electron chi connectivity index (χ4n) is 2.53. The van der Waals surface area contributed by atoms with E-state index < -0.39 is 26.7 Å². The van der Waals surface area contributed by atoms with Gasteiger partial charge in [-0.25, -0.2) is 13.2 Å². The van der Waals surface area contributed by atoms with Crippen molar-refractivity contribution in [1.82, 2.24) is 0 Å². The van der Waals surface area contributed by atoms with Crippen LogP contribution in [0.25, 0.3) is 0 Å². The molecule has 0 aromatic heterocycles. The lowest BCUT2D eigenvalue weighted by molar-refractivity contribution is -0.00724. The third-order valence-electron chi connectivity index (χ3n) is 3.85. The molecule has 1 aliphatic rings. The van der Waals surface area contributed by atoms with Crippen LogP contribution in [0.5, 0.6) is 0 Å². The van der Waals surface area contributed by atoms with E-state index in [1.54, 1.807) is 30.3 Å². The third kappa shape index (κ3) is 3.61. The minimum absolute atomic E-state index is 0.250. The maximum absolute atomic E-state index is 12.1. The highest BCUT2D eigenvalue weighted by atomic mass is 32.2. The van der Waals surface area contributed by atoms with Gasteiger partial charge in [0.1, 0.15) is 15.9 Å². The third-order valence-corrected chi connectivity index (χ3v) is 5.53. The molecule has 6 heteroatoms. The van der Waals surface area contributed by atoms with Gasteiger partial charge in [-0.05, 0) is 25.0 Å². The molecular weight excluding hydrogens is 290 g/mol. The predicted octanol–water partition coefficient (Wildman–Crippen LogP) is 2.09. The van der Waals surface area contributed by atoms with Crippen molar-refractivity contribution >= 4 is 15.8 Å². The van der Waals surface area contributed by atoms with Gasteiger partial charge in [-0.15, -0.1) is 0 Å². The van der Waals surface area contributed by atoms with Crippen molar-refractivity contribution in [2.24, 2.45) is 0 Å². The van der Waals surface area contributed by atoms with Crippen LogP contribution in [-0.2, 0) is 14.6 Å². The maximum Gasteiger partial charge on any atom is 0.339 e. The molecule has 1 aromatic carbocycles. The Morgan fingerprint density at radius 2 is 1.86 bits per heavy atom. The van der Waals surface area contributed by atoms with Crippen molar-refractivity contribution in [1.29, 1.82) is 5.26 Å². The highest BCUT2D eigenvalue weighted by Crippen LogP contribution is 2.34. The van der Waals surface area contributed by atoms with Gasteiger partial charge in [0.05, 0.1) is 10.8 Å². The van der Waals surface area contributed by atoms with Crippen LogP contribution in [0.2, 0.25) is 0 Å². The zero-order valence-electron chi connectivity index (χ0n) is 11.8. The standard InChI is InChI=1S/C15H17NO4S/c1-21(18,19)13-7-9-15(11-16,10-8-13)20-14(17)12-5-3-2-4-6-12/h2-6,13H,7-10H2,1H3. The minimum atomic E-state index is -3.11. The Kier molecular flexibility index (Phi) is 4.33. The van der Waals surface area contributed by atoms with Gasteiger partial charge in [-0.1, -0.05) is 18.2 Å². The first-order valence-electron chi connectivity index (χ1n) is 6.75. The summed E-state index contributed by atoms with van der Waals surface area (Å²) < 4.78 is 28.5. The first kappa shape index (κ1) is 15.5. The van der Waals surface area contributed by atoms with E-state index in [2.05, 4.69) is 6.07 Å². The molecular formula is C15H17NO4S. The zero-order valence-corrected chi connectivity index (χ0v) is 12.6. The predicted molar refractivity (Wildman–Crippen MR) is 77.3 cm³/mol. The van der Waals surface area contributed by atoms with Gasteiger partial charge >= 0.3 is 5.97 Å². The molecule has 2 rings (SSSR count). The molecule has 21 heavy (non-hydrogen) atoms. The molecule has 0 aliphatic heterocycles. The molecule has 0 heterocycles. The fourth-order valence-corrected chi connectivity index (χ4v) is 3.63. The molecule has 1 aliphatic carbocycles. The van der Waals surface area contributed by atoms with Crippen LogP contribution in [0.1, 0.15) is 36.0 Å². The molecule has 0 unspecified atom stereocenters. The quantitative estimate of drug-likeness (QED) is 0.798. The number of nitriles is 1. The Morgan fingerprint density at radius 3 is 2.33 bits per heavy atom. The van der Waals surface area contributed by atoms with Gasteiger partial charge in [0, 0.05) is 19.1 Å². The van der Waals surface area contributed by atoms with Gasteiger partial charge < -0.3 is 4.74 Å². The van der Waals surface area contributed by atoms with Gasteiger partial charge in [-0.3, -0.25) is 0 Å². The summed E-state index contributed by atoms with van der Waals surface area (Å²) in [5, 5.41) is 8.90. The first-order valence-corrected chi connectivity index (χ1v) is 8.70. The molecule has 1 saturated carbocycles. The van der Waals surface area contributed by atoms with Gasteiger partial charge in [0.15, 0.2) is 5.60 Å². The Morgan fingerprint density at radius 1 is 1.29 bits per heavy atom. The highest BCUT2D eigenvalue weighted by Gasteiger charge is 2.41. The Bertz CT molecular complexity index is 653. The Balaban J connectivity index is 2.08. The molecule has 0 bridgehead atoms. The summed E-state index contributed by atoms with van der Waals surface area (Å²) in [6, 6.07) is 10.5. The van der Waals surface area contributed by atoms with Crippen LogP contribution in [0.4, 0.5) is 0 Å². The lowest BCUT2D eigenvalue weighted by Gasteiger charge is -2.33.